The molecule has 10 nitrogen and oxygen atoms in total. The molecule has 68 heavy (non-hydrogen) atoms. The second kappa shape index (κ2) is 21.5. The molecular weight excluding hydrogens is 946 g/mol. The van der Waals surface area contributed by atoms with Gasteiger partial charge >= 0.3 is 11.9 Å². The Bertz CT molecular complexity index is 2280. The summed E-state index contributed by atoms with van der Waals surface area (Å²) in [6, 6.07) is 28.5. The van der Waals surface area contributed by atoms with Crippen LogP contribution in [0.5, 0.6) is 0 Å². The fraction of sp³-hybridized carbons (Fsp3) is 0.481. The Kier molecular flexibility index (Phi) is 16.3. The number of carboxylic acid groups (broad SMARTS) is 2. The first-order valence-electron chi connectivity index (χ1n) is 23.8. The standard InChI is InChI=1S/2C27H31Cl2NO4/c2*1-3-22(31)25(17-7-8-17)30-24(16-9-11-19(28)12-10-16)21(18-5-4-6-20(29)13-18)14-27(2,26(30)34)15-23(32)33/h2*4-6,9-13,17,21-22,24-25,31H,3,7-8,14-15H2,1-2H3,(H,32,33)/t21-,22+,24-,25+,27-;21-,22-,24-,25+,27-/m11/s1. The zero-order valence-corrected chi connectivity index (χ0v) is 41.9. The molecule has 14 heteroatoms. The van der Waals surface area contributed by atoms with Gasteiger partial charge in [-0.3, -0.25) is 19.2 Å². The van der Waals surface area contributed by atoms with E-state index in [0.29, 0.717) is 45.8 Å². The minimum Gasteiger partial charge on any atom is -0.481 e. The lowest BCUT2D eigenvalue weighted by Gasteiger charge is -2.53. The van der Waals surface area contributed by atoms with Gasteiger partial charge in [0.2, 0.25) is 11.8 Å². The zero-order chi connectivity index (χ0) is 49.2. The molecule has 0 aromatic heterocycles. The lowest BCUT2D eigenvalue weighted by Crippen LogP contribution is -2.59. The Balaban J connectivity index is 0.000000201. The molecule has 4 N–H and O–H groups in total. The molecular formula is C54H62Cl4N2O8. The molecule has 2 amide bonds. The first-order chi connectivity index (χ1) is 32.3. The van der Waals surface area contributed by atoms with E-state index >= 15 is 0 Å². The molecule has 4 aromatic rings. The molecule has 2 aliphatic carbocycles. The quantitative estimate of drug-likeness (QED) is 0.0865. The van der Waals surface area contributed by atoms with Gasteiger partial charge in [0.05, 0.1) is 60.0 Å². The third kappa shape index (κ3) is 11.4. The third-order valence-electron chi connectivity index (χ3n) is 14.7. The van der Waals surface area contributed by atoms with Crippen LogP contribution in [0.3, 0.4) is 0 Å². The maximum atomic E-state index is 14.2. The Morgan fingerprint density at radius 1 is 0.559 bits per heavy atom. The summed E-state index contributed by atoms with van der Waals surface area (Å²) in [5.74, 6) is -2.45. The fourth-order valence-electron chi connectivity index (χ4n) is 11.2. The van der Waals surface area contributed by atoms with Crippen LogP contribution in [0, 0.1) is 22.7 Å². The van der Waals surface area contributed by atoms with Crippen LogP contribution in [0.25, 0.3) is 0 Å². The van der Waals surface area contributed by atoms with E-state index in [1.54, 1.807) is 26.0 Å². The summed E-state index contributed by atoms with van der Waals surface area (Å²) in [6.07, 6.45) is 3.57. The zero-order valence-electron chi connectivity index (χ0n) is 38.9. The summed E-state index contributed by atoms with van der Waals surface area (Å²) < 4.78 is 0. The number of piperidine rings is 2. The van der Waals surface area contributed by atoms with Gasteiger partial charge in [0, 0.05) is 31.9 Å². The van der Waals surface area contributed by atoms with E-state index in [1.165, 1.54) is 0 Å². The average Bonchev–Trinajstić information content (AvgIpc) is 4.24. The molecule has 2 heterocycles. The van der Waals surface area contributed by atoms with Crippen molar-refractivity contribution in [1.29, 1.82) is 0 Å². The molecule has 2 aliphatic heterocycles. The van der Waals surface area contributed by atoms with E-state index in [2.05, 4.69) is 0 Å². The van der Waals surface area contributed by atoms with Gasteiger partial charge in [-0.15, -0.1) is 0 Å². The number of aliphatic hydroxyl groups is 2. The number of amides is 2. The molecule has 364 valence electrons. The normalized spacial score (nSPS) is 26.9. The van der Waals surface area contributed by atoms with E-state index < -0.39 is 35.0 Å². The van der Waals surface area contributed by atoms with Crippen LogP contribution in [-0.2, 0) is 19.2 Å². The molecule has 4 aliphatic rings. The van der Waals surface area contributed by atoms with Crippen LogP contribution in [0.15, 0.2) is 97.1 Å². The second-order valence-corrected chi connectivity index (χ2v) is 21.8. The largest absolute Gasteiger partial charge is 0.481 e. The van der Waals surface area contributed by atoms with Gasteiger partial charge in [-0.1, -0.05) is 123 Å². The van der Waals surface area contributed by atoms with Crippen molar-refractivity contribution >= 4 is 70.2 Å². The van der Waals surface area contributed by atoms with Crippen LogP contribution < -0.4 is 0 Å². The van der Waals surface area contributed by atoms with Crippen molar-refractivity contribution in [3.63, 3.8) is 0 Å². The minimum atomic E-state index is -1.11. The number of carbonyl (C=O) groups is 4. The molecule has 0 spiro atoms. The van der Waals surface area contributed by atoms with Gasteiger partial charge in [0.15, 0.2) is 0 Å². The van der Waals surface area contributed by atoms with Crippen LogP contribution >= 0.6 is 46.4 Å². The lowest BCUT2D eigenvalue weighted by atomic mass is 9.66. The summed E-state index contributed by atoms with van der Waals surface area (Å²) in [7, 11) is 0. The Morgan fingerprint density at radius 2 is 0.897 bits per heavy atom. The van der Waals surface area contributed by atoms with Crippen molar-refractivity contribution in [3.05, 3.63) is 139 Å². The van der Waals surface area contributed by atoms with E-state index in [0.717, 1.165) is 47.9 Å². The lowest BCUT2D eigenvalue weighted by molar-refractivity contribution is -0.164. The van der Waals surface area contributed by atoms with Crippen LogP contribution in [0.1, 0.15) is 138 Å². The van der Waals surface area contributed by atoms with Crippen LogP contribution in [0.4, 0.5) is 0 Å². The molecule has 0 radical (unpaired) electrons. The van der Waals surface area contributed by atoms with Crippen molar-refractivity contribution < 1.29 is 39.6 Å². The molecule has 4 aromatic carbocycles. The highest BCUT2D eigenvalue weighted by Crippen LogP contribution is 2.56. The van der Waals surface area contributed by atoms with Gasteiger partial charge < -0.3 is 30.2 Å². The SMILES string of the molecule is CC[C@@H](O)[C@H](C1CC1)N1C(=O)[C@@](C)(CC(=O)O)C[C@H](c2cccc(Cl)c2)[C@H]1c1ccc(Cl)cc1.CC[C@H](O)[C@H](C1CC1)N1C(=O)[C@@](C)(CC(=O)O)C[C@H](c2cccc(Cl)c2)[C@H]1c1ccc(Cl)cc1. The van der Waals surface area contributed by atoms with Gasteiger partial charge in [-0.05, 0) is 134 Å². The molecule has 4 fully saturated rings. The molecule has 2 saturated heterocycles. The summed E-state index contributed by atoms with van der Waals surface area (Å²) >= 11 is 25.1. The predicted octanol–water partition coefficient (Wildman–Crippen LogP) is 12.2. The molecule has 8 rings (SSSR count). The number of aliphatic carboxylic acids is 2. The number of hydrogen-bond acceptors (Lipinski definition) is 6. The van der Waals surface area contributed by atoms with Gasteiger partial charge in [0.25, 0.3) is 0 Å². The number of carboxylic acids is 2. The smallest absolute Gasteiger partial charge is 0.304 e. The molecule has 0 bridgehead atoms. The first-order valence-corrected chi connectivity index (χ1v) is 25.3. The van der Waals surface area contributed by atoms with Crippen molar-refractivity contribution in [3.8, 4) is 0 Å². The topological polar surface area (TPSA) is 156 Å². The Morgan fingerprint density at radius 3 is 1.18 bits per heavy atom. The van der Waals surface area contributed by atoms with Crippen molar-refractivity contribution in [2.24, 2.45) is 22.7 Å². The second-order valence-electron chi connectivity index (χ2n) is 20.0. The maximum absolute atomic E-state index is 14.2. The van der Waals surface area contributed by atoms with Gasteiger partial charge in [0.1, 0.15) is 0 Å². The minimum absolute atomic E-state index is 0.195. The fourth-order valence-corrected chi connectivity index (χ4v) is 11.9. The van der Waals surface area contributed by atoms with Gasteiger partial charge in [-0.2, -0.15) is 0 Å². The van der Waals surface area contributed by atoms with E-state index in [1.807, 2.05) is 109 Å². The molecule has 2 saturated carbocycles. The average molecular weight is 1010 g/mol. The van der Waals surface area contributed by atoms with Crippen LogP contribution in [0.2, 0.25) is 20.1 Å². The van der Waals surface area contributed by atoms with Crippen molar-refractivity contribution in [1.82, 2.24) is 9.80 Å². The molecule has 0 unspecified atom stereocenters. The van der Waals surface area contributed by atoms with E-state index in [-0.39, 0.29) is 72.5 Å². The summed E-state index contributed by atoms with van der Waals surface area (Å²) in [4.78, 5) is 55.7. The number of nitrogens with zero attached hydrogens (tertiary/aromatic N) is 2. The first kappa shape index (κ1) is 51.7. The number of hydrogen-bond donors (Lipinski definition) is 4. The number of rotatable bonds is 16. The Labute approximate surface area is 419 Å². The number of likely N-dealkylation sites (tertiary alicyclic amines) is 2. The number of halogens is 4. The summed E-state index contributed by atoms with van der Waals surface area (Å²) in [5.41, 5.74) is 1.50. The number of benzene rings is 4. The number of carbonyl (C=O) groups excluding carboxylic acids is 2. The highest BCUT2D eigenvalue weighted by Gasteiger charge is 2.57. The summed E-state index contributed by atoms with van der Waals surface area (Å²) in [6.45, 7) is 7.32. The highest BCUT2D eigenvalue weighted by molar-refractivity contribution is 6.31. The Hall–Kier alpha value is -4.16. The maximum Gasteiger partial charge on any atom is 0.304 e. The van der Waals surface area contributed by atoms with Crippen molar-refractivity contribution in [2.45, 2.75) is 140 Å². The highest BCUT2D eigenvalue weighted by atomic mass is 35.5. The summed E-state index contributed by atoms with van der Waals surface area (Å²) in [5, 5.41) is 44.0. The molecule has 10 atom stereocenters. The predicted molar refractivity (Wildman–Crippen MR) is 266 cm³/mol. The van der Waals surface area contributed by atoms with Crippen molar-refractivity contribution in [2.75, 3.05) is 0 Å². The van der Waals surface area contributed by atoms with E-state index in [4.69, 9.17) is 46.4 Å². The monoisotopic (exact) mass is 1010 g/mol. The number of aliphatic hydroxyl groups excluding tert-OH is 2. The third-order valence-corrected chi connectivity index (χ3v) is 15.7. The van der Waals surface area contributed by atoms with E-state index in [9.17, 15) is 39.6 Å². The van der Waals surface area contributed by atoms with Gasteiger partial charge in [-0.25, -0.2) is 0 Å². The van der Waals surface area contributed by atoms with Crippen LogP contribution in [-0.4, -0.2) is 78.3 Å².